The summed E-state index contributed by atoms with van der Waals surface area (Å²) in [4.78, 5) is 4.43. The van der Waals surface area contributed by atoms with Crippen LogP contribution >= 0.6 is 11.6 Å². The first-order valence-electron chi connectivity index (χ1n) is 6.78. The zero-order valence-electron chi connectivity index (χ0n) is 10.6. The van der Waals surface area contributed by atoms with E-state index in [0.29, 0.717) is 29.0 Å². The summed E-state index contributed by atoms with van der Waals surface area (Å²) in [7, 11) is 0. The SMILES string of the molecule is Nc1nc2cc(Cl)ccc2n1C1CCOC1C1CC1. The lowest BCUT2D eigenvalue weighted by molar-refractivity contribution is 0.0762. The lowest BCUT2D eigenvalue weighted by atomic mass is 10.1. The van der Waals surface area contributed by atoms with Crippen molar-refractivity contribution in [3.8, 4) is 0 Å². The highest BCUT2D eigenvalue weighted by Crippen LogP contribution is 2.44. The highest BCUT2D eigenvalue weighted by molar-refractivity contribution is 6.31. The van der Waals surface area contributed by atoms with E-state index in [1.807, 2.05) is 18.2 Å². The number of benzene rings is 1. The third-order valence-electron chi connectivity index (χ3n) is 4.20. The van der Waals surface area contributed by atoms with Crippen LogP contribution in [-0.4, -0.2) is 22.3 Å². The zero-order chi connectivity index (χ0) is 13.0. The van der Waals surface area contributed by atoms with E-state index in [2.05, 4.69) is 9.55 Å². The lowest BCUT2D eigenvalue weighted by Gasteiger charge is -2.21. The molecule has 2 unspecified atom stereocenters. The normalized spacial score (nSPS) is 27.2. The molecule has 2 fully saturated rings. The van der Waals surface area contributed by atoms with Gasteiger partial charge in [0.2, 0.25) is 5.95 Å². The Morgan fingerprint density at radius 2 is 2.16 bits per heavy atom. The Hall–Kier alpha value is -1.26. The third kappa shape index (κ3) is 1.82. The van der Waals surface area contributed by atoms with Crippen molar-refractivity contribution in [3.05, 3.63) is 23.2 Å². The Labute approximate surface area is 116 Å². The molecule has 1 aliphatic heterocycles. The van der Waals surface area contributed by atoms with Crippen molar-refractivity contribution in [2.75, 3.05) is 12.3 Å². The van der Waals surface area contributed by atoms with Gasteiger partial charge in [-0.2, -0.15) is 0 Å². The second kappa shape index (κ2) is 4.12. The highest BCUT2D eigenvalue weighted by atomic mass is 35.5. The van der Waals surface area contributed by atoms with E-state index in [1.54, 1.807) is 0 Å². The maximum absolute atomic E-state index is 6.12. The van der Waals surface area contributed by atoms with Gasteiger partial charge in [0, 0.05) is 11.6 Å². The number of hydrogen-bond acceptors (Lipinski definition) is 3. The Balaban J connectivity index is 1.83. The Morgan fingerprint density at radius 1 is 1.32 bits per heavy atom. The molecule has 0 bridgehead atoms. The number of nitrogen functional groups attached to an aromatic ring is 1. The summed E-state index contributed by atoms with van der Waals surface area (Å²) in [6, 6.07) is 6.08. The monoisotopic (exact) mass is 277 g/mol. The van der Waals surface area contributed by atoms with Crippen LogP contribution in [0, 0.1) is 5.92 Å². The minimum atomic E-state index is 0.301. The van der Waals surface area contributed by atoms with Crippen LogP contribution in [0.15, 0.2) is 18.2 Å². The summed E-state index contributed by atoms with van der Waals surface area (Å²) in [5.74, 6) is 1.27. The Kier molecular flexibility index (Phi) is 2.50. The summed E-state index contributed by atoms with van der Waals surface area (Å²) in [5, 5.41) is 0.693. The van der Waals surface area contributed by atoms with Gasteiger partial charge in [-0.05, 0) is 43.4 Å². The van der Waals surface area contributed by atoms with Crippen molar-refractivity contribution in [1.82, 2.24) is 9.55 Å². The van der Waals surface area contributed by atoms with E-state index in [-0.39, 0.29) is 0 Å². The van der Waals surface area contributed by atoms with Crippen molar-refractivity contribution in [2.45, 2.75) is 31.4 Å². The molecule has 0 radical (unpaired) electrons. The van der Waals surface area contributed by atoms with E-state index >= 15 is 0 Å². The van der Waals surface area contributed by atoms with Crippen molar-refractivity contribution >= 4 is 28.6 Å². The maximum Gasteiger partial charge on any atom is 0.201 e. The number of ether oxygens (including phenoxy) is 1. The average Bonchev–Trinajstić information content (AvgIpc) is 3.02. The quantitative estimate of drug-likeness (QED) is 0.918. The first-order valence-corrected chi connectivity index (χ1v) is 7.16. The molecule has 0 spiro atoms. The van der Waals surface area contributed by atoms with Crippen LogP contribution in [0.4, 0.5) is 5.95 Å². The van der Waals surface area contributed by atoms with Crippen LogP contribution in [0.25, 0.3) is 11.0 Å². The van der Waals surface area contributed by atoms with E-state index in [4.69, 9.17) is 22.1 Å². The van der Waals surface area contributed by atoms with Crippen LogP contribution in [0.3, 0.4) is 0 Å². The van der Waals surface area contributed by atoms with Crippen molar-refractivity contribution in [3.63, 3.8) is 0 Å². The van der Waals surface area contributed by atoms with Gasteiger partial charge in [-0.3, -0.25) is 0 Å². The van der Waals surface area contributed by atoms with Gasteiger partial charge in [-0.25, -0.2) is 4.98 Å². The van der Waals surface area contributed by atoms with Crippen LogP contribution in [-0.2, 0) is 4.74 Å². The summed E-state index contributed by atoms with van der Waals surface area (Å²) in [5.41, 5.74) is 8.04. The average molecular weight is 278 g/mol. The van der Waals surface area contributed by atoms with E-state index in [0.717, 1.165) is 24.1 Å². The Morgan fingerprint density at radius 3 is 2.95 bits per heavy atom. The number of hydrogen-bond donors (Lipinski definition) is 1. The van der Waals surface area contributed by atoms with Gasteiger partial charge in [-0.1, -0.05) is 11.6 Å². The third-order valence-corrected chi connectivity index (χ3v) is 4.44. The minimum absolute atomic E-state index is 0.301. The molecule has 2 N–H and O–H groups in total. The minimum Gasteiger partial charge on any atom is -0.376 e. The topological polar surface area (TPSA) is 53.1 Å². The second-order valence-electron chi connectivity index (χ2n) is 5.50. The molecule has 0 amide bonds. The number of halogens is 1. The van der Waals surface area contributed by atoms with Gasteiger partial charge in [0.15, 0.2) is 0 Å². The number of fused-ring (bicyclic) bond motifs is 1. The molecule has 1 saturated carbocycles. The van der Waals surface area contributed by atoms with Crippen LogP contribution in [0.1, 0.15) is 25.3 Å². The van der Waals surface area contributed by atoms with Gasteiger partial charge in [0.25, 0.3) is 0 Å². The first kappa shape index (κ1) is 11.6. The fourth-order valence-electron chi connectivity index (χ4n) is 3.19. The molecule has 1 aromatic carbocycles. The smallest absolute Gasteiger partial charge is 0.201 e. The van der Waals surface area contributed by atoms with Gasteiger partial charge in [0.1, 0.15) is 0 Å². The zero-order valence-corrected chi connectivity index (χ0v) is 11.3. The van der Waals surface area contributed by atoms with Crippen molar-refractivity contribution in [2.24, 2.45) is 5.92 Å². The molecule has 2 aliphatic rings. The van der Waals surface area contributed by atoms with Crippen molar-refractivity contribution in [1.29, 1.82) is 0 Å². The number of rotatable bonds is 2. The molecule has 1 saturated heterocycles. The van der Waals surface area contributed by atoms with Gasteiger partial charge >= 0.3 is 0 Å². The largest absolute Gasteiger partial charge is 0.376 e. The van der Waals surface area contributed by atoms with Crippen LogP contribution in [0.2, 0.25) is 5.02 Å². The lowest BCUT2D eigenvalue weighted by Crippen LogP contribution is -2.23. The molecular formula is C14H16ClN3O. The van der Waals surface area contributed by atoms with Gasteiger partial charge < -0.3 is 15.0 Å². The molecule has 4 nitrogen and oxygen atoms in total. The number of imidazole rings is 1. The summed E-state index contributed by atoms with van der Waals surface area (Å²) in [6.07, 6.45) is 3.87. The van der Waals surface area contributed by atoms with Gasteiger partial charge in [-0.15, -0.1) is 0 Å². The van der Waals surface area contributed by atoms with Crippen LogP contribution < -0.4 is 5.73 Å². The molecule has 19 heavy (non-hydrogen) atoms. The predicted octanol–water partition coefficient (Wildman–Crippen LogP) is 3.01. The highest BCUT2D eigenvalue weighted by Gasteiger charge is 2.42. The molecule has 4 rings (SSSR count). The van der Waals surface area contributed by atoms with E-state index < -0.39 is 0 Å². The van der Waals surface area contributed by atoms with Gasteiger partial charge in [0.05, 0.1) is 23.2 Å². The maximum atomic E-state index is 6.12. The number of nitrogens with two attached hydrogens (primary N) is 1. The molecule has 1 aromatic heterocycles. The molecule has 2 heterocycles. The standard InChI is InChI=1S/C14H16ClN3O/c15-9-3-4-11-10(7-9)17-14(16)18(11)12-5-6-19-13(12)8-1-2-8/h3-4,7-8,12-13H,1-2,5-6H2,(H2,16,17). The molecule has 100 valence electrons. The molecule has 2 atom stereocenters. The fourth-order valence-corrected chi connectivity index (χ4v) is 3.36. The molecule has 2 aromatic rings. The number of nitrogens with zero attached hydrogens (tertiary/aromatic N) is 2. The first-order chi connectivity index (χ1) is 9.24. The summed E-state index contributed by atoms with van der Waals surface area (Å²) >= 11 is 6.01. The Bertz CT molecular complexity index is 635. The van der Waals surface area contributed by atoms with Crippen molar-refractivity contribution < 1.29 is 4.74 Å². The second-order valence-corrected chi connectivity index (χ2v) is 5.94. The van der Waals surface area contributed by atoms with E-state index in [1.165, 1.54) is 12.8 Å². The van der Waals surface area contributed by atoms with E-state index in [9.17, 15) is 0 Å². The molecule has 5 heteroatoms. The summed E-state index contributed by atoms with van der Waals surface area (Å²) in [6.45, 7) is 0.818. The summed E-state index contributed by atoms with van der Waals surface area (Å²) < 4.78 is 8.05. The fraction of sp³-hybridized carbons (Fsp3) is 0.500. The predicted molar refractivity (Wildman–Crippen MR) is 75.3 cm³/mol. The van der Waals surface area contributed by atoms with Crippen LogP contribution in [0.5, 0.6) is 0 Å². The number of aromatic nitrogens is 2. The molecule has 1 aliphatic carbocycles. The number of anilines is 1. The molecular weight excluding hydrogens is 262 g/mol.